The zero-order chi connectivity index (χ0) is 13.9. The van der Waals surface area contributed by atoms with E-state index in [2.05, 4.69) is 17.1 Å². The monoisotopic (exact) mass is 266 g/mol. The molecule has 1 aromatic carbocycles. The number of hydrogen-bond acceptors (Lipinski definition) is 2. The number of carbonyl (C=O) groups excluding carboxylic acids is 1. The Bertz CT molecular complexity index is 623. The molecule has 0 atom stereocenters. The van der Waals surface area contributed by atoms with Crippen LogP contribution in [-0.2, 0) is 12.8 Å². The van der Waals surface area contributed by atoms with Crippen LogP contribution in [0.3, 0.4) is 0 Å². The van der Waals surface area contributed by atoms with Gasteiger partial charge in [-0.25, -0.2) is 4.98 Å². The van der Waals surface area contributed by atoms with Gasteiger partial charge in [-0.2, -0.15) is 0 Å². The number of H-pyrrole nitrogens is 1. The Morgan fingerprint density at radius 2 is 1.80 bits per heavy atom. The first-order chi connectivity index (χ1) is 9.74. The van der Waals surface area contributed by atoms with Crippen molar-refractivity contribution in [1.82, 2.24) is 9.97 Å². The third-order valence-electron chi connectivity index (χ3n) is 3.70. The van der Waals surface area contributed by atoms with Crippen molar-refractivity contribution >= 4 is 5.78 Å². The van der Waals surface area contributed by atoms with E-state index in [1.54, 1.807) is 6.92 Å². The molecule has 0 saturated heterocycles. The van der Waals surface area contributed by atoms with Gasteiger partial charge in [0, 0.05) is 16.8 Å². The number of aromatic amines is 1. The lowest BCUT2D eigenvalue weighted by Crippen LogP contribution is -1.95. The van der Waals surface area contributed by atoms with Gasteiger partial charge in [0.2, 0.25) is 0 Å². The molecule has 0 unspecified atom stereocenters. The third-order valence-corrected chi connectivity index (χ3v) is 3.70. The van der Waals surface area contributed by atoms with Gasteiger partial charge in [0.25, 0.3) is 0 Å². The number of Topliss-reactive ketones (excluding diaryl/α,β-unsaturated/α-hetero) is 1. The van der Waals surface area contributed by atoms with Gasteiger partial charge in [0.1, 0.15) is 5.82 Å². The summed E-state index contributed by atoms with van der Waals surface area (Å²) in [6.07, 6.45) is 8.61. The van der Waals surface area contributed by atoms with E-state index >= 15 is 0 Å². The van der Waals surface area contributed by atoms with E-state index in [9.17, 15) is 4.79 Å². The Labute approximate surface area is 118 Å². The second-order valence-corrected chi connectivity index (χ2v) is 5.19. The molecule has 3 nitrogen and oxygen atoms in total. The maximum Gasteiger partial charge on any atom is 0.159 e. The highest BCUT2D eigenvalue weighted by molar-refractivity contribution is 5.94. The fourth-order valence-corrected chi connectivity index (χ4v) is 2.54. The number of allylic oxidation sites excluding steroid dienone is 2. The molecule has 1 aliphatic rings. The molecule has 3 rings (SSSR count). The predicted molar refractivity (Wildman–Crippen MR) is 79.8 cm³/mol. The number of ketones is 1. The molecule has 0 spiro atoms. The molecular formula is C17H18N2O. The maximum absolute atomic E-state index is 11.3. The molecule has 0 bridgehead atoms. The fourth-order valence-electron chi connectivity index (χ4n) is 2.54. The average molecular weight is 266 g/mol. The number of aryl methyl sites for hydroxylation is 2. The van der Waals surface area contributed by atoms with Crippen molar-refractivity contribution in [1.29, 1.82) is 0 Å². The van der Waals surface area contributed by atoms with E-state index in [0.29, 0.717) is 0 Å². The molecule has 20 heavy (non-hydrogen) atoms. The number of nitrogens with one attached hydrogen (secondary N) is 1. The van der Waals surface area contributed by atoms with E-state index in [-0.39, 0.29) is 5.78 Å². The summed E-state index contributed by atoms with van der Waals surface area (Å²) in [6.45, 7) is 1.58. The van der Waals surface area contributed by atoms with Crippen LogP contribution in [0.15, 0.2) is 36.4 Å². The van der Waals surface area contributed by atoms with Crippen LogP contribution in [0.2, 0.25) is 0 Å². The second kappa shape index (κ2) is 5.45. The van der Waals surface area contributed by atoms with Crippen LogP contribution in [0, 0.1) is 0 Å². The smallest absolute Gasteiger partial charge is 0.159 e. The minimum Gasteiger partial charge on any atom is -0.342 e. The topological polar surface area (TPSA) is 45.8 Å². The van der Waals surface area contributed by atoms with Gasteiger partial charge in [0.05, 0.1) is 5.69 Å². The lowest BCUT2D eigenvalue weighted by atomic mass is 10.1. The molecule has 0 radical (unpaired) electrons. The van der Waals surface area contributed by atoms with E-state index in [4.69, 9.17) is 4.98 Å². The fraction of sp³-hybridized carbons (Fsp3) is 0.294. The summed E-state index contributed by atoms with van der Waals surface area (Å²) in [4.78, 5) is 19.5. The summed E-state index contributed by atoms with van der Waals surface area (Å²) >= 11 is 0. The molecule has 0 fully saturated rings. The molecule has 1 aromatic heterocycles. The second-order valence-electron chi connectivity index (χ2n) is 5.19. The lowest BCUT2D eigenvalue weighted by molar-refractivity contribution is 0.101. The van der Waals surface area contributed by atoms with Gasteiger partial charge < -0.3 is 4.98 Å². The van der Waals surface area contributed by atoms with Crippen molar-refractivity contribution in [3.63, 3.8) is 0 Å². The van der Waals surface area contributed by atoms with Crippen LogP contribution in [0.25, 0.3) is 11.4 Å². The normalized spacial score (nSPS) is 16.1. The Kier molecular flexibility index (Phi) is 3.50. The Balaban J connectivity index is 1.90. The first kappa shape index (κ1) is 12.9. The highest BCUT2D eigenvalue weighted by atomic mass is 16.1. The Morgan fingerprint density at radius 3 is 2.50 bits per heavy atom. The quantitative estimate of drug-likeness (QED) is 0.665. The van der Waals surface area contributed by atoms with Crippen LogP contribution < -0.4 is 0 Å². The van der Waals surface area contributed by atoms with Crippen molar-refractivity contribution in [3.8, 4) is 11.4 Å². The van der Waals surface area contributed by atoms with Crippen molar-refractivity contribution in [2.24, 2.45) is 0 Å². The minimum atomic E-state index is 0.0920. The molecule has 102 valence electrons. The molecule has 0 amide bonds. The van der Waals surface area contributed by atoms with Crippen LogP contribution in [0.1, 0.15) is 41.5 Å². The van der Waals surface area contributed by atoms with Crippen LogP contribution in [-0.4, -0.2) is 15.8 Å². The number of aromatic nitrogens is 2. The largest absolute Gasteiger partial charge is 0.342 e. The number of imidazole rings is 1. The number of carbonyl (C=O) groups is 1. The summed E-state index contributed by atoms with van der Waals surface area (Å²) in [5.41, 5.74) is 4.21. The zero-order valence-electron chi connectivity index (χ0n) is 11.6. The SMILES string of the molecule is CC(=O)c1ccc(-c2nc3c([nH]2)CC/C=C/CC3)cc1. The lowest BCUT2D eigenvalue weighted by Gasteiger charge is -2.02. The molecule has 1 heterocycles. The van der Waals surface area contributed by atoms with Gasteiger partial charge in [-0.15, -0.1) is 0 Å². The van der Waals surface area contributed by atoms with E-state index in [1.165, 1.54) is 11.4 Å². The molecule has 3 heteroatoms. The predicted octanol–water partition coefficient (Wildman–Crippen LogP) is 3.71. The number of benzene rings is 1. The van der Waals surface area contributed by atoms with Gasteiger partial charge in [0.15, 0.2) is 5.78 Å². The van der Waals surface area contributed by atoms with Crippen molar-refractivity contribution in [2.75, 3.05) is 0 Å². The number of rotatable bonds is 2. The Hall–Kier alpha value is -2.16. The van der Waals surface area contributed by atoms with Crippen LogP contribution in [0.4, 0.5) is 0 Å². The van der Waals surface area contributed by atoms with Gasteiger partial charge in [-0.1, -0.05) is 36.4 Å². The van der Waals surface area contributed by atoms with Gasteiger partial charge in [-0.3, -0.25) is 4.79 Å². The number of fused-ring (bicyclic) bond motifs is 1. The van der Waals surface area contributed by atoms with Crippen LogP contribution in [0.5, 0.6) is 0 Å². The van der Waals surface area contributed by atoms with E-state index in [0.717, 1.165) is 42.6 Å². The molecule has 0 aliphatic heterocycles. The summed E-state index contributed by atoms with van der Waals surface area (Å²) in [5, 5.41) is 0. The molecule has 1 aliphatic carbocycles. The van der Waals surface area contributed by atoms with Gasteiger partial charge >= 0.3 is 0 Å². The zero-order valence-corrected chi connectivity index (χ0v) is 11.6. The highest BCUT2D eigenvalue weighted by Gasteiger charge is 2.12. The van der Waals surface area contributed by atoms with E-state index < -0.39 is 0 Å². The third kappa shape index (κ3) is 2.57. The molecule has 0 saturated carbocycles. The summed E-state index contributed by atoms with van der Waals surface area (Å²) < 4.78 is 0. The average Bonchev–Trinajstić information content (AvgIpc) is 2.81. The standard InChI is InChI=1S/C17H18N2O/c1-12(20)13-8-10-14(11-9-13)17-18-15-6-4-2-3-5-7-16(15)19-17/h2-3,8-11H,4-7H2,1H3,(H,18,19)/b3-2+. The number of hydrogen-bond donors (Lipinski definition) is 1. The summed E-state index contributed by atoms with van der Waals surface area (Å²) in [5.74, 6) is 1.00. The highest BCUT2D eigenvalue weighted by Crippen LogP contribution is 2.22. The minimum absolute atomic E-state index is 0.0920. The van der Waals surface area contributed by atoms with Crippen molar-refractivity contribution in [3.05, 3.63) is 53.4 Å². The van der Waals surface area contributed by atoms with Gasteiger partial charge in [-0.05, 0) is 32.6 Å². The number of nitrogens with zero attached hydrogens (tertiary/aromatic N) is 1. The maximum atomic E-state index is 11.3. The van der Waals surface area contributed by atoms with Crippen molar-refractivity contribution in [2.45, 2.75) is 32.6 Å². The molecular weight excluding hydrogens is 248 g/mol. The van der Waals surface area contributed by atoms with Crippen molar-refractivity contribution < 1.29 is 4.79 Å². The summed E-state index contributed by atoms with van der Waals surface area (Å²) in [6, 6.07) is 7.64. The summed E-state index contributed by atoms with van der Waals surface area (Å²) in [7, 11) is 0. The van der Waals surface area contributed by atoms with Crippen LogP contribution >= 0.6 is 0 Å². The van der Waals surface area contributed by atoms with E-state index in [1.807, 2.05) is 24.3 Å². The first-order valence-electron chi connectivity index (χ1n) is 7.08. The Morgan fingerprint density at radius 1 is 1.10 bits per heavy atom. The molecule has 1 N–H and O–H groups in total. The first-order valence-corrected chi connectivity index (χ1v) is 7.08. The molecule has 2 aromatic rings.